The summed E-state index contributed by atoms with van der Waals surface area (Å²) in [5, 5.41) is 17.2. The van der Waals surface area contributed by atoms with Gasteiger partial charge in [0.2, 0.25) is 5.91 Å². The van der Waals surface area contributed by atoms with Gasteiger partial charge in [-0.2, -0.15) is 11.3 Å². The second-order valence-electron chi connectivity index (χ2n) is 6.31. The first-order chi connectivity index (χ1) is 10.5. The van der Waals surface area contributed by atoms with Crippen LogP contribution in [-0.2, 0) is 10.4 Å². The molecule has 1 aromatic carbocycles. The fraction of sp³-hybridized carbons (Fsp3) is 0.389. The molecule has 1 amide bonds. The van der Waals surface area contributed by atoms with Gasteiger partial charge in [0, 0.05) is 5.92 Å². The molecular formula is C18H21NO2S. The second kappa shape index (κ2) is 5.86. The number of benzene rings is 1. The maximum absolute atomic E-state index is 12.3. The maximum atomic E-state index is 12.3. The summed E-state index contributed by atoms with van der Waals surface area (Å²) in [6, 6.07) is 10.1. The van der Waals surface area contributed by atoms with Gasteiger partial charge < -0.3 is 10.4 Å². The van der Waals surface area contributed by atoms with Crippen LogP contribution in [0.1, 0.15) is 36.0 Å². The molecule has 0 aliphatic heterocycles. The predicted molar refractivity (Wildman–Crippen MR) is 88.9 cm³/mol. The normalized spacial score (nSPS) is 22.9. The summed E-state index contributed by atoms with van der Waals surface area (Å²) < 4.78 is 0. The Morgan fingerprint density at radius 1 is 1.41 bits per heavy atom. The number of amides is 1. The van der Waals surface area contributed by atoms with Crippen molar-refractivity contribution >= 4 is 17.2 Å². The van der Waals surface area contributed by atoms with Crippen LogP contribution < -0.4 is 5.32 Å². The van der Waals surface area contributed by atoms with Gasteiger partial charge in [-0.1, -0.05) is 24.3 Å². The topological polar surface area (TPSA) is 49.3 Å². The highest BCUT2D eigenvalue weighted by Crippen LogP contribution is 2.48. The lowest BCUT2D eigenvalue weighted by atomic mass is 9.99. The lowest BCUT2D eigenvalue weighted by Crippen LogP contribution is -2.39. The minimum atomic E-state index is -1.01. The van der Waals surface area contributed by atoms with Gasteiger partial charge in [0.05, 0.1) is 6.54 Å². The van der Waals surface area contributed by atoms with Crippen LogP contribution >= 0.6 is 11.3 Å². The zero-order chi connectivity index (χ0) is 15.7. The molecule has 0 saturated heterocycles. The lowest BCUT2D eigenvalue weighted by Gasteiger charge is -2.22. The minimum absolute atomic E-state index is 0.0411. The third kappa shape index (κ3) is 3.08. The van der Waals surface area contributed by atoms with Gasteiger partial charge in [0.25, 0.3) is 0 Å². The van der Waals surface area contributed by atoms with Crippen LogP contribution in [0, 0.1) is 12.8 Å². The van der Waals surface area contributed by atoms with Crippen molar-refractivity contribution in [2.45, 2.75) is 31.8 Å². The van der Waals surface area contributed by atoms with Crippen LogP contribution in [0.2, 0.25) is 0 Å². The van der Waals surface area contributed by atoms with E-state index in [0.29, 0.717) is 5.92 Å². The first kappa shape index (κ1) is 15.3. The molecule has 2 aromatic rings. The Hall–Kier alpha value is -1.65. The molecule has 0 spiro atoms. The van der Waals surface area contributed by atoms with Crippen LogP contribution in [0.5, 0.6) is 0 Å². The average molecular weight is 315 g/mol. The Morgan fingerprint density at radius 3 is 2.86 bits per heavy atom. The van der Waals surface area contributed by atoms with E-state index in [4.69, 9.17) is 0 Å². The molecule has 1 fully saturated rings. The SMILES string of the molecule is Cc1ccccc1C1CC1C(=O)NCC(C)(O)c1ccsc1. The summed E-state index contributed by atoms with van der Waals surface area (Å²) in [6.45, 7) is 4.07. The lowest BCUT2D eigenvalue weighted by molar-refractivity contribution is -0.123. The molecule has 1 saturated carbocycles. The van der Waals surface area contributed by atoms with E-state index in [1.807, 2.05) is 29.0 Å². The average Bonchev–Trinajstić information content (AvgIpc) is 3.07. The number of hydrogen-bond acceptors (Lipinski definition) is 3. The standard InChI is InChI=1S/C18H21NO2S/c1-12-5-3-4-6-14(12)15-9-16(15)17(20)19-11-18(2,21)13-7-8-22-10-13/h3-8,10,15-16,21H,9,11H2,1-2H3,(H,19,20). The molecule has 1 aliphatic rings. The van der Waals surface area contributed by atoms with Crippen molar-refractivity contribution in [3.63, 3.8) is 0 Å². The molecule has 1 heterocycles. The van der Waals surface area contributed by atoms with Crippen molar-refractivity contribution in [3.8, 4) is 0 Å². The van der Waals surface area contributed by atoms with Crippen molar-refractivity contribution in [3.05, 3.63) is 57.8 Å². The smallest absolute Gasteiger partial charge is 0.223 e. The van der Waals surface area contributed by atoms with Crippen molar-refractivity contribution in [1.29, 1.82) is 0 Å². The summed E-state index contributed by atoms with van der Waals surface area (Å²) >= 11 is 1.55. The van der Waals surface area contributed by atoms with Crippen LogP contribution in [-0.4, -0.2) is 17.6 Å². The summed E-state index contributed by atoms with van der Waals surface area (Å²) in [5.74, 6) is 0.412. The van der Waals surface area contributed by atoms with E-state index in [0.717, 1.165) is 12.0 Å². The highest BCUT2D eigenvalue weighted by molar-refractivity contribution is 7.08. The Morgan fingerprint density at radius 2 is 2.18 bits per heavy atom. The first-order valence-corrected chi connectivity index (χ1v) is 8.51. The van der Waals surface area contributed by atoms with Crippen LogP contribution in [0.25, 0.3) is 0 Å². The second-order valence-corrected chi connectivity index (χ2v) is 7.09. The van der Waals surface area contributed by atoms with Crippen LogP contribution in [0.4, 0.5) is 0 Å². The molecule has 0 radical (unpaired) electrons. The van der Waals surface area contributed by atoms with Crippen molar-refractivity contribution in [2.75, 3.05) is 6.54 Å². The molecule has 3 nitrogen and oxygen atoms in total. The van der Waals surface area contributed by atoms with E-state index < -0.39 is 5.60 Å². The molecule has 2 N–H and O–H groups in total. The Bertz CT molecular complexity index is 663. The molecule has 0 bridgehead atoms. The van der Waals surface area contributed by atoms with Gasteiger partial charge in [-0.05, 0) is 59.7 Å². The number of hydrogen-bond donors (Lipinski definition) is 2. The van der Waals surface area contributed by atoms with Crippen molar-refractivity contribution < 1.29 is 9.90 Å². The number of carbonyl (C=O) groups is 1. The minimum Gasteiger partial charge on any atom is -0.384 e. The van der Waals surface area contributed by atoms with E-state index in [1.54, 1.807) is 18.3 Å². The largest absolute Gasteiger partial charge is 0.384 e. The molecule has 22 heavy (non-hydrogen) atoms. The number of rotatable bonds is 5. The molecule has 3 atom stereocenters. The van der Waals surface area contributed by atoms with E-state index in [-0.39, 0.29) is 18.4 Å². The van der Waals surface area contributed by atoms with E-state index in [2.05, 4.69) is 24.4 Å². The number of nitrogens with one attached hydrogen (secondary N) is 1. The fourth-order valence-corrected chi connectivity index (χ4v) is 3.68. The fourth-order valence-electron chi connectivity index (χ4n) is 2.89. The number of aliphatic hydroxyl groups is 1. The summed E-state index contributed by atoms with van der Waals surface area (Å²) in [7, 11) is 0. The van der Waals surface area contributed by atoms with Crippen LogP contribution in [0.15, 0.2) is 41.1 Å². The zero-order valence-electron chi connectivity index (χ0n) is 12.9. The Labute approximate surface area is 135 Å². The third-order valence-electron chi connectivity index (χ3n) is 4.47. The quantitative estimate of drug-likeness (QED) is 0.890. The predicted octanol–water partition coefficient (Wildman–Crippen LogP) is 3.18. The molecular weight excluding hydrogens is 294 g/mol. The molecule has 1 aromatic heterocycles. The van der Waals surface area contributed by atoms with E-state index in [9.17, 15) is 9.90 Å². The number of aryl methyl sites for hydroxylation is 1. The van der Waals surface area contributed by atoms with Crippen LogP contribution in [0.3, 0.4) is 0 Å². The van der Waals surface area contributed by atoms with Gasteiger partial charge >= 0.3 is 0 Å². The highest BCUT2D eigenvalue weighted by atomic mass is 32.1. The zero-order valence-corrected chi connectivity index (χ0v) is 13.7. The van der Waals surface area contributed by atoms with Gasteiger partial charge in [-0.25, -0.2) is 0 Å². The molecule has 1 aliphatic carbocycles. The Kier molecular flexibility index (Phi) is 4.06. The van der Waals surface area contributed by atoms with Crippen molar-refractivity contribution in [1.82, 2.24) is 5.32 Å². The van der Waals surface area contributed by atoms with Gasteiger partial charge in [-0.3, -0.25) is 4.79 Å². The summed E-state index contributed by atoms with van der Waals surface area (Å²) in [4.78, 5) is 12.3. The maximum Gasteiger partial charge on any atom is 0.223 e. The Balaban J connectivity index is 1.57. The summed E-state index contributed by atoms with van der Waals surface area (Å²) in [6.07, 6.45) is 0.900. The summed E-state index contributed by atoms with van der Waals surface area (Å²) in [5.41, 5.74) is 2.35. The molecule has 4 heteroatoms. The number of thiophene rings is 1. The highest BCUT2D eigenvalue weighted by Gasteiger charge is 2.44. The van der Waals surface area contributed by atoms with Gasteiger partial charge in [0.15, 0.2) is 0 Å². The van der Waals surface area contributed by atoms with Gasteiger partial charge in [0.1, 0.15) is 5.60 Å². The monoisotopic (exact) mass is 315 g/mol. The molecule has 3 unspecified atom stereocenters. The van der Waals surface area contributed by atoms with Crippen molar-refractivity contribution in [2.24, 2.45) is 5.92 Å². The van der Waals surface area contributed by atoms with E-state index in [1.165, 1.54) is 11.1 Å². The van der Waals surface area contributed by atoms with Gasteiger partial charge in [-0.15, -0.1) is 0 Å². The molecule has 116 valence electrons. The first-order valence-electron chi connectivity index (χ1n) is 7.57. The number of carbonyl (C=O) groups excluding carboxylic acids is 1. The van der Waals surface area contributed by atoms with E-state index >= 15 is 0 Å². The third-order valence-corrected chi connectivity index (χ3v) is 5.15. The molecule has 3 rings (SSSR count).